The van der Waals surface area contributed by atoms with E-state index < -0.39 is 28.6 Å². The molecule has 0 spiro atoms. The number of rotatable bonds is 7. The van der Waals surface area contributed by atoms with E-state index in [1.807, 2.05) is 6.07 Å². The summed E-state index contributed by atoms with van der Waals surface area (Å²) >= 11 is 0. The first kappa shape index (κ1) is 22.4. The molecule has 1 aromatic carbocycles. The Morgan fingerprint density at radius 3 is 2.39 bits per heavy atom. The second-order valence-corrected chi connectivity index (χ2v) is 7.21. The van der Waals surface area contributed by atoms with E-state index in [4.69, 9.17) is 4.74 Å². The number of likely N-dealkylation sites (tertiary alicyclic amines) is 1. The van der Waals surface area contributed by atoms with Crippen molar-refractivity contribution in [3.8, 4) is 5.75 Å². The van der Waals surface area contributed by atoms with Crippen LogP contribution in [0.15, 0.2) is 35.1 Å². The summed E-state index contributed by atoms with van der Waals surface area (Å²) in [7, 11) is 0. The first-order chi connectivity index (χ1) is 14.8. The summed E-state index contributed by atoms with van der Waals surface area (Å²) in [5, 5.41) is 28.7. The number of aromatic nitrogens is 2. The Bertz CT molecular complexity index is 1010. The van der Waals surface area contributed by atoms with Crippen LogP contribution in [0.5, 0.6) is 5.75 Å². The van der Waals surface area contributed by atoms with Crippen LogP contribution in [-0.4, -0.2) is 68.0 Å². The van der Waals surface area contributed by atoms with Crippen molar-refractivity contribution >= 4 is 11.9 Å². The van der Waals surface area contributed by atoms with Gasteiger partial charge in [0.2, 0.25) is 5.75 Å². The van der Waals surface area contributed by atoms with E-state index in [0.29, 0.717) is 5.56 Å². The highest BCUT2D eigenvalue weighted by molar-refractivity contribution is 5.94. The van der Waals surface area contributed by atoms with E-state index in [1.54, 1.807) is 36.1 Å². The molecule has 3 N–H and O–H groups in total. The second-order valence-electron chi connectivity index (χ2n) is 7.21. The van der Waals surface area contributed by atoms with E-state index in [0.717, 1.165) is 0 Å². The van der Waals surface area contributed by atoms with Gasteiger partial charge in [0.05, 0.1) is 13.2 Å². The van der Waals surface area contributed by atoms with Gasteiger partial charge >= 0.3 is 5.97 Å². The number of carbonyl (C=O) groups excluding carboxylic acids is 1. The van der Waals surface area contributed by atoms with E-state index in [1.165, 1.54) is 4.57 Å². The Kier molecular flexibility index (Phi) is 6.71. The number of carbonyl (C=O) groups is 2. The van der Waals surface area contributed by atoms with E-state index in [9.17, 15) is 29.7 Å². The number of benzene rings is 1. The average molecular weight is 431 g/mol. The fourth-order valence-electron chi connectivity index (χ4n) is 3.84. The lowest BCUT2D eigenvalue weighted by Gasteiger charge is -2.41. The van der Waals surface area contributed by atoms with Crippen LogP contribution in [0.25, 0.3) is 0 Å². The Morgan fingerprint density at radius 1 is 1.19 bits per heavy atom. The predicted octanol–water partition coefficient (Wildman–Crippen LogP) is 0.807. The topological polar surface area (TPSA) is 142 Å². The van der Waals surface area contributed by atoms with E-state index in [2.05, 4.69) is 4.98 Å². The number of aliphatic hydroxyl groups excluding tert-OH is 1. The van der Waals surface area contributed by atoms with Gasteiger partial charge in [-0.1, -0.05) is 18.2 Å². The molecule has 10 heteroatoms. The summed E-state index contributed by atoms with van der Waals surface area (Å²) in [5.41, 5.74) is -2.27. The molecule has 1 aromatic heterocycles. The van der Waals surface area contributed by atoms with Gasteiger partial charge in [0.1, 0.15) is 11.4 Å². The third kappa shape index (κ3) is 4.30. The molecule has 1 aliphatic rings. The van der Waals surface area contributed by atoms with Crippen LogP contribution in [-0.2, 0) is 16.9 Å². The van der Waals surface area contributed by atoms with Crippen molar-refractivity contribution in [2.24, 2.45) is 0 Å². The minimum atomic E-state index is -1.53. The second kappa shape index (κ2) is 9.27. The summed E-state index contributed by atoms with van der Waals surface area (Å²) in [4.78, 5) is 42.7. The van der Waals surface area contributed by atoms with Crippen LogP contribution < -0.4 is 5.56 Å². The molecule has 0 saturated carbocycles. The maximum Gasteiger partial charge on any atom is 0.358 e. The summed E-state index contributed by atoms with van der Waals surface area (Å²) in [5.74, 6) is -2.55. The molecule has 1 fully saturated rings. The lowest BCUT2D eigenvalue weighted by molar-refractivity contribution is -0.102. The predicted molar refractivity (Wildman–Crippen MR) is 109 cm³/mol. The van der Waals surface area contributed by atoms with E-state index in [-0.39, 0.29) is 57.4 Å². The number of nitrogens with zero attached hydrogens (tertiary/aromatic N) is 3. The molecule has 2 heterocycles. The number of piperidine rings is 1. The molecule has 1 amide bonds. The van der Waals surface area contributed by atoms with Crippen molar-refractivity contribution in [1.29, 1.82) is 0 Å². The Labute approximate surface area is 178 Å². The minimum Gasteiger partial charge on any atom is -0.501 e. The number of aromatic carboxylic acids is 1. The van der Waals surface area contributed by atoms with Gasteiger partial charge < -0.3 is 25.0 Å². The number of aliphatic hydroxyl groups is 1. The van der Waals surface area contributed by atoms with Crippen LogP contribution in [0.3, 0.4) is 0 Å². The number of ether oxygens (including phenoxy) is 1. The van der Waals surface area contributed by atoms with Gasteiger partial charge in [-0.15, -0.1) is 0 Å². The molecule has 31 heavy (non-hydrogen) atoms. The SMILES string of the molecule is CCn1c(C2(OCCO)CCN(C(=O)c3ccccc3)CC2)nc(C(=O)O)c(O)c1=O. The number of amides is 1. The van der Waals surface area contributed by atoms with Crippen LogP contribution >= 0.6 is 0 Å². The quantitative estimate of drug-likeness (QED) is 0.585. The maximum absolute atomic E-state index is 12.8. The highest BCUT2D eigenvalue weighted by Crippen LogP contribution is 2.36. The van der Waals surface area contributed by atoms with Gasteiger partial charge in [-0.05, 0) is 19.1 Å². The van der Waals surface area contributed by atoms with Gasteiger partial charge in [0.15, 0.2) is 5.69 Å². The highest BCUT2D eigenvalue weighted by Gasteiger charge is 2.43. The van der Waals surface area contributed by atoms with Crippen LogP contribution in [0.4, 0.5) is 0 Å². The normalized spacial score (nSPS) is 15.6. The summed E-state index contributed by atoms with van der Waals surface area (Å²) in [6, 6.07) is 8.82. The van der Waals surface area contributed by atoms with Gasteiger partial charge in [-0.25, -0.2) is 9.78 Å². The zero-order chi connectivity index (χ0) is 22.6. The average Bonchev–Trinajstić information content (AvgIpc) is 2.79. The molecular formula is C21H25N3O7. The Morgan fingerprint density at radius 2 is 1.84 bits per heavy atom. The summed E-state index contributed by atoms with van der Waals surface area (Å²) < 4.78 is 7.10. The van der Waals surface area contributed by atoms with Gasteiger partial charge in [0.25, 0.3) is 11.5 Å². The zero-order valence-corrected chi connectivity index (χ0v) is 17.2. The lowest BCUT2D eigenvalue weighted by atomic mass is 9.89. The first-order valence-corrected chi connectivity index (χ1v) is 10.0. The molecule has 3 rings (SSSR count). The van der Waals surface area contributed by atoms with Crippen molar-refractivity contribution < 1.29 is 29.6 Å². The number of hydrogen-bond donors (Lipinski definition) is 3. The highest BCUT2D eigenvalue weighted by atomic mass is 16.5. The first-order valence-electron chi connectivity index (χ1n) is 10.0. The van der Waals surface area contributed by atoms with Crippen LogP contribution in [0.1, 0.15) is 46.4 Å². The molecule has 0 atom stereocenters. The minimum absolute atomic E-state index is 0.0600. The zero-order valence-electron chi connectivity index (χ0n) is 17.2. The molecule has 166 valence electrons. The largest absolute Gasteiger partial charge is 0.501 e. The third-order valence-electron chi connectivity index (χ3n) is 5.42. The lowest BCUT2D eigenvalue weighted by Crippen LogP contribution is -2.49. The molecule has 1 aliphatic heterocycles. The fraction of sp³-hybridized carbons (Fsp3) is 0.429. The molecule has 0 radical (unpaired) electrons. The van der Waals surface area contributed by atoms with Crippen molar-refractivity contribution in [2.45, 2.75) is 31.9 Å². The van der Waals surface area contributed by atoms with Gasteiger partial charge in [0, 0.05) is 38.0 Å². The molecule has 0 unspecified atom stereocenters. The molecular weight excluding hydrogens is 406 g/mol. The maximum atomic E-state index is 12.8. The van der Waals surface area contributed by atoms with E-state index >= 15 is 0 Å². The van der Waals surface area contributed by atoms with Crippen molar-refractivity contribution in [3.05, 3.63) is 57.8 Å². The number of carboxylic acids is 1. The molecule has 1 saturated heterocycles. The number of hydrogen-bond acceptors (Lipinski definition) is 7. The van der Waals surface area contributed by atoms with Crippen molar-refractivity contribution in [3.63, 3.8) is 0 Å². The molecule has 0 aliphatic carbocycles. The van der Waals surface area contributed by atoms with Crippen molar-refractivity contribution in [2.75, 3.05) is 26.3 Å². The Hall–Kier alpha value is -3.24. The fourth-order valence-corrected chi connectivity index (χ4v) is 3.84. The number of carboxylic acid groups (broad SMARTS) is 1. The monoisotopic (exact) mass is 431 g/mol. The molecule has 2 aromatic rings. The van der Waals surface area contributed by atoms with Gasteiger partial charge in [-0.3, -0.25) is 14.2 Å². The van der Waals surface area contributed by atoms with Crippen molar-refractivity contribution in [1.82, 2.24) is 14.5 Å². The number of aromatic hydroxyl groups is 1. The third-order valence-corrected chi connectivity index (χ3v) is 5.42. The van der Waals surface area contributed by atoms with Gasteiger partial charge in [-0.2, -0.15) is 0 Å². The smallest absolute Gasteiger partial charge is 0.358 e. The van der Waals surface area contributed by atoms with Crippen LogP contribution in [0, 0.1) is 0 Å². The Balaban J connectivity index is 1.99. The van der Waals surface area contributed by atoms with Crippen LogP contribution in [0.2, 0.25) is 0 Å². The standard InChI is InChI=1S/C21H25N3O7/c1-2-24-18(28)16(26)15(19(29)30)22-20(24)21(31-13-12-25)8-10-23(11-9-21)17(27)14-6-4-3-5-7-14/h3-7,25-26H,2,8-13H2,1H3,(H,29,30). The molecule has 0 bridgehead atoms. The summed E-state index contributed by atoms with van der Waals surface area (Å²) in [6.45, 7) is 2.01. The summed E-state index contributed by atoms with van der Waals surface area (Å²) in [6.07, 6.45) is 0.476. The molecule has 10 nitrogen and oxygen atoms in total.